The lowest BCUT2D eigenvalue weighted by atomic mass is 10.0. The molecule has 14 heteroatoms. The second-order valence-corrected chi connectivity index (χ2v) is 13.0. The summed E-state index contributed by atoms with van der Waals surface area (Å²) in [6, 6.07) is 9.82. The molecule has 2 aliphatic rings. The molecule has 0 radical (unpaired) electrons. The van der Waals surface area contributed by atoms with E-state index in [1.807, 2.05) is 50.1 Å². The van der Waals surface area contributed by atoms with Gasteiger partial charge in [0.2, 0.25) is 21.9 Å². The zero-order valence-electron chi connectivity index (χ0n) is 24.5. The summed E-state index contributed by atoms with van der Waals surface area (Å²) in [7, 11) is 3.69. The van der Waals surface area contributed by atoms with Gasteiger partial charge >= 0.3 is 0 Å². The molecule has 6 rings (SSSR count). The topological polar surface area (TPSA) is 134 Å². The predicted molar refractivity (Wildman–Crippen MR) is 166 cm³/mol. The molecule has 4 aromatic rings. The van der Waals surface area contributed by atoms with Gasteiger partial charge < -0.3 is 14.9 Å². The highest BCUT2D eigenvalue weighted by Gasteiger charge is 2.37. The van der Waals surface area contributed by atoms with Crippen molar-refractivity contribution in [3.05, 3.63) is 40.4 Å². The van der Waals surface area contributed by atoms with Crippen LogP contribution in [0.1, 0.15) is 35.9 Å². The summed E-state index contributed by atoms with van der Waals surface area (Å²) in [4.78, 5) is 44.1. The summed E-state index contributed by atoms with van der Waals surface area (Å²) >= 11 is 2.67. The summed E-state index contributed by atoms with van der Waals surface area (Å²) in [5.74, 6) is 0.570. The van der Waals surface area contributed by atoms with Gasteiger partial charge in [0, 0.05) is 32.2 Å². The Bertz CT molecular complexity index is 1710. The van der Waals surface area contributed by atoms with Crippen LogP contribution in [0.15, 0.2) is 24.3 Å². The van der Waals surface area contributed by atoms with Crippen molar-refractivity contribution in [2.75, 3.05) is 50.1 Å². The lowest BCUT2D eigenvalue weighted by Crippen LogP contribution is -2.58. The Labute approximate surface area is 257 Å². The van der Waals surface area contributed by atoms with E-state index in [9.17, 15) is 20.0 Å². The molecule has 1 aromatic carbocycles. The number of nitrogens with zero attached hydrogens (tertiary/aromatic N) is 9. The lowest BCUT2D eigenvalue weighted by Gasteiger charge is -2.39. The molecule has 2 fully saturated rings. The van der Waals surface area contributed by atoms with Crippen LogP contribution in [-0.4, -0.2) is 98.7 Å². The first-order valence-corrected chi connectivity index (χ1v) is 15.9. The van der Waals surface area contributed by atoms with Crippen molar-refractivity contribution >= 4 is 55.5 Å². The molecule has 1 unspecified atom stereocenters. The average Bonchev–Trinajstić information content (AvgIpc) is 3.68. The Balaban J connectivity index is 1.26. The monoisotopic (exact) mass is 619 g/mol. The average molecular weight is 620 g/mol. The Morgan fingerprint density at radius 3 is 2.60 bits per heavy atom. The fraction of sp³-hybridized carbons (Fsp3) is 0.448. The third-order valence-electron chi connectivity index (χ3n) is 7.99. The molecule has 2 amide bonds. The van der Waals surface area contributed by atoms with Crippen LogP contribution >= 0.6 is 22.7 Å². The van der Waals surface area contributed by atoms with Crippen molar-refractivity contribution in [3.8, 4) is 17.3 Å². The number of carbonyl (C=O) groups excluding carboxylic acids is 2. The van der Waals surface area contributed by atoms with Gasteiger partial charge in [-0.25, -0.2) is 9.97 Å². The maximum absolute atomic E-state index is 13.7. The zero-order valence-corrected chi connectivity index (χ0v) is 26.2. The van der Waals surface area contributed by atoms with E-state index in [1.165, 1.54) is 22.7 Å². The Kier molecular flexibility index (Phi) is 7.91. The minimum Gasteiger partial charge on any atom is -0.389 e. The highest BCUT2D eigenvalue weighted by atomic mass is 32.1. The van der Waals surface area contributed by atoms with E-state index in [0.717, 1.165) is 29.1 Å². The number of rotatable bonds is 8. The normalized spacial score (nSPS) is 17.5. The molecule has 1 atom stereocenters. The third-order valence-corrected chi connectivity index (χ3v) is 9.96. The van der Waals surface area contributed by atoms with Gasteiger partial charge in [-0.3, -0.25) is 19.4 Å². The second kappa shape index (κ2) is 11.6. The molecule has 0 bridgehead atoms. The van der Waals surface area contributed by atoms with Crippen LogP contribution < -0.4 is 9.80 Å². The first-order chi connectivity index (χ1) is 20.7. The van der Waals surface area contributed by atoms with Crippen molar-refractivity contribution < 1.29 is 14.7 Å². The molecule has 1 N–H and O–H groups in total. The Morgan fingerprint density at radius 2 is 1.93 bits per heavy atom. The van der Waals surface area contributed by atoms with Crippen molar-refractivity contribution in [2.24, 2.45) is 0 Å². The number of fused-ring (bicyclic) bond motifs is 1. The molecule has 5 heterocycles. The van der Waals surface area contributed by atoms with Crippen LogP contribution in [0.3, 0.4) is 0 Å². The van der Waals surface area contributed by atoms with E-state index < -0.39 is 12.1 Å². The molecule has 43 heavy (non-hydrogen) atoms. The number of imidazole rings is 1. The van der Waals surface area contributed by atoms with E-state index in [1.54, 1.807) is 26.3 Å². The van der Waals surface area contributed by atoms with Gasteiger partial charge in [-0.1, -0.05) is 59.4 Å². The van der Waals surface area contributed by atoms with Crippen molar-refractivity contribution in [1.29, 1.82) is 5.26 Å². The van der Waals surface area contributed by atoms with Crippen LogP contribution in [-0.2, 0) is 16.0 Å². The van der Waals surface area contributed by atoms with E-state index >= 15 is 0 Å². The summed E-state index contributed by atoms with van der Waals surface area (Å²) < 4.78 is 1.76. The number of anilines is 3. The molecule has 224 valence electrons. The van der Waals surface area contributed by atoms with Crippen LogP contribution in [0, 0.1) is 18.3 Å². The molecule has 2 saturated heterocycles. The van der Waals surface area contributed by atoms with Gasteiger partial charge in [0.25, 0.3) is 0 Å². The number of hydrogen-bond donors (Lipinski definition) is 1. The number of likely N-dealkylation sites (N-methyl/N-ethyl adjacent to an activating group) is 1. The maximum Gasteiger partial charge on any atom is 0.246 e. The van der Waals surface area contributed by atoms with E-state index in [-0.39, 0.29) is 18.4 Å². The first kappa shape index (κ1) is 29.2. The number of piperidine rings is 1. The second-order valence-electron chi connectivity index (χ2n) is 11.0. The Hall–Kier alpha value is -3.90. The summed E-state index contributed by atoms with van der Waals surface area (Å²) in [6.07, 6.45) is 1.65. The van der Waals surface area contributed by atoms with Gasteiger partial charge in [0.05, 0.1) is 24.4 Å². The number of benzene rings is 1. The molecule has 2 aliphatic heterocycles. The number of β-amino-alcohol motifs (C(OH)–C–C–N with tert-alkyl or cyclic N) is 1. The smallest absolute Gasteiger partial charge is 0.246 e. The van der Waals surface area contributed by atoms with Crippen LogP contribution in [0.5, 0.6) is 0 Å². The lowest BCUT2D eigenvalue weighted by molar-refractivity contribution is -0.143. The molecule has 0 spiro atoms. The largest absolute Gasteiger partial charge is 0.389 e. The maximum atomic E-state index is 13.7. The van der Waals surface area contributed by atoms with Crippen molar-refractivity contribution in [2.45, 2.75) is 45.3 Å². The summed E-state index contributed by atoms with van der Waals surface area (Å²) in [5.41, 5.74) is 3.51. The highest BCUT2D eigenvalue weighted by molar-refractivity contribution is 7.20. The van der Waals surface area contributed by atoms with E-state index in [2.05, 4.69) is 6.07 Å². The fourth-order valence-corrected chi connectivity index (χ4v) is 7.31. The number of carbonyl (C=O) groups is 2. The standard InChI is InChI=1S/C29H33N9O3S2/c1-5-20-25(35(4)27-32-24(22(13-30)42-27)18-10-8-17(2)9-11-18)38-28(31-20)43-29(33-38)37-12-6-7-21(26(37)41)34(3)16-23(40)36-14-19(39)15-36/h8-11,19,21,39H,5-7,12,14-16H2,1-4H3. The molecule has 0 saturated carbocycles. The predicted octanol–water partition coefficient (Wildman–Crippen LogP) is 3.06. The molecule has 3 aromatic heterocycles. The number of hydrogen-bond acceptors (Lipinski definition) is 11. The minimum atomic E-state index is -0.457. The minimum absolute atomic E-state index is 0.0857. The third kappa shape index (κ3) is 5.38. The van der Waals surface area contributed by atoms with Crippen LogP contribution in [0.25, 0.3) is 16.2 Å². The van der Waals surface area contributed by atoms with Gasteiger partial charge in [0.1, 0.15) is 16.6 Å². The number of thiazole rings is 1. The highest BCUT2D eigenvalue weighted by Crippen LogP contribution is 2.38. The SMILES string of the molecule is CCc1nc2sc(N3CCCC(N(C)CC(=O)N4CC(O)C4)C3=O)nn2c1N(C)c1nc(-c2ccc(C)cc2)c(C#N)s1. The van der Waals surface area contributed by atoms with Gasteiger partial charge in [-0.05, 0) is 33.2 Å². The number of aryl methyl sites for hydroxylation is 2. The zero-order chi connectivity index (χ0) is 30.4. The van der Waals surface area contributed by atoms with Crippen LogP contribution in [0.2, 0.25) is 0 Å². The quantitative estimate of drug-likeness (QED) is 0.316. The summed E-state index contributed by atoms with van der Waals surface area (Å²) in [5, 5.41) is 25.5. The number of likely N-dealkylation sites (tertiary alicyclic amines) is 1. The molecule has 12 nitrogen and oxygen atoms in total. The number of aliphatic hydroxyl groups is 1. The van der Waals surface area contributed by atoms with Crippen molar-refractivity contribution in [1.82, 2.24) is 29.4 Å². The first-order valence-electron chi connectivity index (χ1n) is 14.3. The number of aromatic nitrogens is 4. The van der Waals surface area contributed by atoms with Crippen molar-refractivity contribution in [3.63, 3.8) is 0 Å². The number of aliphatic hydroxyl groups excluding tert-OH is 1. The van der Waals surface area contributed by atoms with Gasteiger partial charge in [0.15, 0.2) is 10.9 Å². The molecule has 0 aliphatic carbocycles. The Morgan fingerprint density at radius 1 is 1.19 bits per heavy atom. The van der Waals surface area contributed by atoms with E-state index in [0.29, 0.717) is 58.3 Å². The summed E-state index contributed by atoms with van der Waals surface area (Å²) in [6.45, 7) is 5.40. The van der Waals surface area contributed by atoms with Gasteiger partial charge in [-0.2, -0.15) is 9.78 Å². The van der Waals surface area contributed by atoms with E-state index in [4.69, 9.17) is 15.1 Å². The van der Waals surface area contributed by atoms with Gasteiger partial charge in [-0.15, -0.1) is 5.10 Å². The number of amides is 2. The van der Waals surface area contributed by atoms with Crippen LogP contribution in [0.4, 0.5) is 16.1 Å². The fourth-order valence-electron chi connectivity index (χ4n) is 5.51. The molecular formula is C29H33N9O3S2. The molecular weight excluding hydrogens is 587 g/mol. The number of nitriles is 1.